The van der Waals surface area contributed by atoms with E-state index in [-0.39, 0.29) is 12.0 Å². The number of hydrogen-bond acceptors (Lipinski definition) is 3. The van der Waals surface area contributed by atoms with E-state index in [1.165, 1.54) is 0 Å². The summed E-state index contributed by atoms with van der Waals surface area (Å²) < 4.78 is 4.35. The van der Waals surface area contributed by atoms with Gasteiger partial charge in [-0.25, -0.2) is 0 Å². The van der Waals surface area contributed by atoms with E-state index in [0.29, 0.717) is 0 Å². The summed E-state index contributed by atoms with van der Waals surface area (Å²) in [5.41, 5.74) is -0.352. The van der Waals surface area contributed by atoms with Gasteiger partial charge in [-0.2, -0.15) is 5.16 Å². The lowest BCUT2D eigenvalue weighted by Crippen LogP contribution is -2.10. The molecule has 0 bridgehead atoms. The summed E-state index contributed by atoms with van der Waals surface area (Å²) in [7, 11) is 0. The molecule has 1 aromatic rings. The summed E-state index contributed by atoms with van der Waals surface area (Å²) in [5, 5.41) is 10.2. The molecule has 54 valence electrons. The number of carboxylic acid groups (broad SMARTS) is 1. The van der Waals surface area contributed by atoms with Gasteiger partial charge in [-0.15, -0.1) is 0 Å². The number of rotatable bonds is 2. The molecule has 0 unspecified atom stereocenters. The third-order valence-corrected chi connectivity index (χ3v) is 0.986. The molecule has 0 aliphatic carbocycles. The molecule has 0 aromatic carbocycles. The largest absolute Gasteiger partial charge is 0.481 e. The topological polar surface area (TPSA) is 83.3 Å². The zero-order valence-corrected chi connectivity index (χ0v) is 4.96. The summed E-state index contributed by atoms with van der Waals surface area (Å²) in [4.78, 5) is 20.6. The monoisotopic (exact) mass is 143 g/mol. The van der Waals surface area contributed by atoms with Crippen LogP contribution in [0.2, 0.25) is 0 Å². The molecule has 2 N–H and O–H groups in total. The number of nitrogens with one attached hydrogen (secondary N) is 1. The van der Waals surface area contributed by atoms with Crippen LogP contribution in [-0.2, 0) is 11.2 Å². The molecule has 0 aliphatic rings. The predicted octanol–water partition coefficient (Wildman–Crippen LogP) is -0.405. The highest BCUT2D eigenvalue weighted by Crippen LogP contribution is 1.89. The van der Waals surface area contributed by atoms with E-state index < -0.39 is 11.5 Å². The van der Waals surface area contributed by atoms with Crippen molar-refractivity contribution < 1.29 is 14.4 Å². The van der Waals surface area contributed by atoms with Crippen LogP contribution in [0.25, 0.3) is 0 Å². The molecule has 1 heterocycles. The van der Waals surface area contributed by atoms with Crippen LogP contribution in [-0.4, -0.2) is 16.2 Å². The van der Waals surface area contributed by atoms with Gasteiger partial charge >= 0.3 is 5.97 Å². The van der Waals surface area contributed by atoms with E-state index in [4.69, 9.17) is 5.11 Å². The molecule has 0 saturated heterocycles. The molecule has 0 fully saturated rings. The van der Waals surface area contributed by atoms with E-state index >= 15 is 0 Å². The SMILES string of the molecule is O=C(O)Cc1co[nH]c1=O. The second-order valence-corrected chi connectivity index (χ2v) is 1.76. The minimum absolute atomic E-state index is 0.132. The van der Waals surface area contributed by atoms with Crippen molar-refractivity contribution in [3.05, 3.63) is 22.2 Å². The molecule has 0 amide bonds. The molecule has 0 spiro atoms. The molecule has 0 radical (unpaired) electrons. The van der Waals surface area contributed by atoms with Crippen molar-refractivity contribution in [2.45, 2.75) is 6.42 Å². The fourth-order valence-electron chi connectivity index (χ4n) is 0.558. The quantitative estimate of drug-likeness (QED) is 0.589. The van der Waals surface area contributed by atoms with Crippen LogP contribution in [0.4, 0.5) is 0 Å². The van der Waals surface area contributed by atoms with Crippen LogP contribution in [0.5, 0.6) is 0 Å². The smallest absolute Gasteiger partial charge is 0.308 e. The maximum atomic E-state index is 10.5. The Morgan fingerprint density at radius 3 is 2.90 bits per heavy atom. The van der Waals surface area contributed by atoms with Crippen molar-refractivity contribution in [3.63, 3.8) is 0 Å². The first-order valence-electron chi connectivity index (χ1n) is 2.57. The standard InChI is InChI=1S/C5H5NO4/c7-4(8)1-3-2-10-6-5(3)9/h2H,1H2,(H,6,9)(H,7,8). The summed E-state index contributed by atoms with van der Waals surface area (Å²) in [6, 6.07) is 0. The Bertz CT molecular complexity index is 284. The highest BCUT2D eigenvalue weighted by atomic mass is 16.5. The van der Waals surface area contributed by atoms with Gasteiger partial charge in [-0.3, -0.25) is 9.59 Å². The zero-order chi connectivity index (χ0) is 7.56. The van der Waals surface area contributed by atoms with Gasteiger partial charge in [0, 0.05) is 0 Å². The first-order valence-corrected chi connectivity index (χ1v) is 2.57. The van der Waals surface area contributed by atoms with Crippen molar-refractivity contribution in [1.29, 1.82) is 0 Å². The fraction of sp³-hybridized carbons (Fsp3) is 0.200. The van der Waals surface area contributed by atoms with Gasteiger partial charge in [0.2, 0.25) is 0 Å². The summed E-state index contributed by atoms with van der Waals surface area (Å²) in [6.07, 6.45) is 0.794. The molecule has 1 rings (SSSR count). The second-order valence-electron chi connectivity index (χ2n) is 1.76. The van der Waals surface area contributed by atoms with Crippen molar-refractivity contribution in [2.24, 2.45) is 0 Å². The lowest BCUT2D eigenvalue weighted by atomic mass is 10.3. The summed E-state index contributed by atoms with van der Waals surface area (Å²) >= 11 is 0. The lowest BCUT2D eigenvalue weighted by Gasteiger charge is -1.82. The highest BCUT2D eigenvalue weighted by molar-refractivity contribution is 5.69. The third kappa shape index (κ3) is 1.25. The number of aliphatic carboxylic acids is 1. The van der Waals surface area contributed by atoms with Crippen molar-refractivity contribution in [2.75, 3.05) is 0 Å². The van der Waals surface area contributed by atoms with Gasteiger partial charge in [0.25, 0.3) is 5.56 Å². The van der Waals surface area contributed by atoms with Gasteiger partial charge in [0.15, 0.2) is 0 Å². The van der Waals surface area contributed by atoms with Gasteiger partial charge in [-0.05, 0) is 0 Å². The average molecular weight is 143 g/mol. The van der Waals surface area contributed by atoms with Crippen molar-refractivity contribution >= 4 is 5.97 Å². The van der Waals surface area contributed by atoms with Crippen LogP contribution in [0.15, 0.2) is 15.6 Å². The Morgan fingerprint density at radius 2 is 2.50 bits per heavy atom. The lowest BCUT2D eigenvalue weighted by molar-refractivity contribution is -0.136. The van der Waals surface area contributed by atoms with E-state index in [1.54, 1.807) is 0 Å². The number of carboxylic acids is 1. The van der Waals surface area contributed by atoms with E-state index in [2.05, 4.69) is 4.52 Å². The Kier molecular flexibility index (Phi) is 1.57. The van der Waals surface area contributed by atoms with Gasteiger partial charge in [-0.1, -0.05) is 0 Å². The number of carbonyl (C=O) groups is 1. The predicted molar refractivity (Wildman–Crippen MR) is 30.7 cm³/mol. The number of H-pyrrole nitrogens is 1. The average Bonchev–Trinajstić information content (AvgIpc) is 2.15. The Hall–Kier alpha value is -1.52. The molecule has 5 nitrogen and oxygen atoms in total. The molecule has 5 heteroatoms. The maximum absolute atomic E-state index is 10.5. The molecule has 0 atom stereocenters. The zero-order valence-electron chi connectivity index (χ0n) is 4.96. The molecule has 1 aromatic heterocycles. The molecular weight excluding hydrogens is 138 g/mol. The van der Waals surface area contributed by atoms with Crippen LogP contribution in [0, 0.1) is 0 Å². The van der Waals surface area contributed by atoms with E-state index in [1.807, 2.05) is 5.16 Å². The molecule has 0 aliphatic heterocycles. The minimum atomic E-state index is -1.05. The van der Waals surface area contributed by atoms with Crippen LogP contribution < -0.4 is 5.56 Å². The highest BCUT2D eigenvalue weighted by Gasteiger charge is 2.05. The fourth-order valence-corrected chi connectivity index (χ4v) is 0.558. The summed E-state index contributed by atoms with van der Waals surface area (Å²) in [5.74, 6) is -1.05. The minimum Gasteiger partial charge on any atom is -0.481 e. The van der Waals surface area contributed by atoms with Gasteiger partial charge < -0.3 is 9.63 Å². The van der Waals surface area contributed by atoms with E-state index in [0.717, 1.165) is 6.26 Å². The van der Waals surface area contributed by atoms with E-state index in [9.17, 15) is 9.59 Å². The number of hydrogen-bond donors (Lipinski definition) is 2. The van der Waals surface area contributed by atoms with Crippen LogP contribution >= 0.6 is 0 Å². The first kappa shape index (κ1) is 6.60. The second kappa shape index (κ2) is 2.38. The first-order chi connectivity index (χ1) is 4.70. The Balaban J connectivity index is 2.85. The molecule has 10 heavy (non-hydrogen) atoms. The maximum Gasteiger partial charge on any atom is 0.308 e. The summed E-state index contributed by atoms with van der Waals surface area (Å²) in [6.45, 7) is 0. The molecular formula is C5H5NO4. The van der Waals surface area contributed by atoms with Crippen LogP contribution in [0.3, 0.4) is 0 Å². The Morgan fingerprint density at radius 1 is 1.80 bits per heavy atom. The Labute approximate surface area is 55.2 Å². The van der Waals surface area contributed by atoms with Gasteiger partial charge in [0.1, 0.15) is 6.26 Å². The normalized spacial score (nSPS) is 9.60. The van der Waals surface area contributed by atoms with Gasteiger partial charge in [0.05, 0.1) is 12.0 Å². The third-order valence-electron chi connectivity index (χ3n) is 0.986. The van der Waals surface area contributed by atoms with Crippen LogP contribution in [0.1, 0.15) is 5.56 Å². The number of aromatic amines is 1. The molecule has 0 saturated carbocycles. The van der Waals surface area contributed by atoms with Crippen molar-refractivity contribution in [3.8, 4) is 0 Å². The number of aromatic nitrogens is 1. The van der Waals surface area contributed by atoms with Crippen molar-refractivity contribution in [1.82, 2.24) is 5.16 Å².